The Labute approximate surface area is 134 Å². The summed E-state index contributed by atoms with van der Waals surface area (Å²) >= 11 is 12.4. The summed E-state index contributed by atoms with van der Waals surface area (Å²) in [4.78, 5) is 11.9. The van der Waals surface area contributed by atoms with Gasteiger partial charge in [-0.15, -0.1) is 0 Å². The number of benzene rings is 1. The van der Waals surface area contributed by atoms with E-state index in [0.29, 0.717) is 35.2 Å². The van der Waals surface area contributed by atoms with Crippen LogP contribution in [0.25, 0.3) is 0 Å². The normalized spacial score (nSPS) is 24.9. The number of halogens is 2. The predicted molar refractivity (Wildman–Crippen MR) is 83.1 cm³/mol. The summed E-state index contributed by atoms with van der Waals surface area (Å²) in [6, 6.07) is 3.24. The largest absolute Gasteiger partial charge is 0.496 e. The minimum Gasteiger partial charge on any atom is -0.496 e. The van der Waals surface area contributed by atoms with Crippen LogP contribution in [0.4, 0.5) is 0 Å². The van der Waals surface area contributed by atoms with Gasteiger partial charge in [-0.05, 0) is 37.8 Å². The zero-order valence-corrected chi connectivity index (χ0v) is 13.6. The van der Waals surface area contributed by atoms with Crippen molar-refractivity contribution in [1.29, 1.82) is 0 Å². The summed E-state index contributed by atoms with van der Waals surface area (Å²) < 4.78 is 10.5. The Balaban J connectivity index is 2.28. The van der Waals surface area contributed by atoms with Gasteiger partial charge in [-0.3, -0.25) is 4.79 Å². The lowest BCUT2D eigenvalue weighted by Gasteiger charge is -2.17. The van der Waals surface area contributed by atoms with Crippen molar-refractivity contribution < 1.29 is 14.3 Å². The second kappa shape index (κ2) is 6.86. The van der Waals surface area contributed by atoms with Crippen LogP contribution in [0.5, 0.6) is 5.75 Å². The number of carbonyl (C=O) groups is 1. The zero-order valence-electron chi connectivity index (χ0n) is 12.1. The molecule has 1 saturated carbocycles. The third kappa shape index (κ3) is 3.28. The van der Waals surface area contributed by atoms with E-state index >= 15 is 0 Å². The van der Waals surface area contributed by atoms with Crippen LogP contribution in [0.15, 0.2) is 12.1 Å². The van der Waals surface area contributed by atoms with Crippen LogP contribution in [-0.4, -0.2) is 25.7 Å². The minimum atomic E-state index is -0.310. The third-order valence-electron chi connectivity index (χ3n) is 3.92. The Morgan fingerprint density at radius 1 is 1.38 bits per heavy atom. The van der Waals surface area contributed by atoms with E-state index in [-0.39, 0.29) is 23.8 Å². The van der Waals surface area contributed by atoms with Gasteiger partial charge in [-0.25, -0.2) is 0 Å². The molecule has 1 aromatic rings. The molecule has 2 rings (SSSR count). The molecule has 1 aromatic carbocycles. The molecule has 1 aliphatic carbocycles. The lowest BCUT2D eigenvalue weighted by atomic mass is 9.95. The van der Waals surface area contributed by atoms with Crippen molar-refractivity contribution in [3.8, 4) is 5.75 Å². The topological polar surface area (TPSA) is 61.5 Å². The summed E-state index contributed by atoms with van der Waals surface area (Å²) in [5.41, 5.74) is 6.93. The van der Waals surface area contributed by atoms with Gasteiger partial charge in [0, 0.05) is 11.6 Å². The number of methoxy groups -OCH3 is 1. The van der Waals surface area contributed by atoms with Gasteiger partial charge in [0.05, 0.1) is 29.7 Å². The van der Waals surface area contributed by atoms with Crippen molar-refractivity contribution in [2.75, 3.05) is 13.7 Å². The first-order chi connectivity index (χ1) is 9.99. The second-order valence-corrected chi connectivity index (χ2v) is 5.95. The lowest BCUT2D eigenvalue weighted by molar-refractivity contribution is -0.148. The van der Waals surface area contributed by atoms with Gasteiger partial charge in [-0.1, -0.05) is 23.2 Å². The van der Waals surface area contributed by atoms with Crippen molar-refractivity contribution in [1.82, 2.24) is 0 Å². The fraction of sp³-hybridized carbons (Fsp3) is 0.533. The quantitative estimate of drug-likeness (QED) is 0.859. The summed E-state index contributed by atoms with van der Waals surface area (Å²) in [6.07, 6.45) is 1.25. The number of nitrogens with two attached hydrogens (primary N) is 1. The molecule has 21 heavy (non-hydrogen) atoms. The first kappa shape index (κ1) is 16.4. The fourth-order valence-corrected chi connectivity index (χ4v) is 3.41. The summed E-state index contributed by atoms with van der Waals surface area (Å²) in [6.45, 7) is 2.14. The molecule has 1 aliphatic rings. The number of hydrogen-bond donors (Lipinski definition) is 1. The van der Waals surface area contributed by atoms with Crippen molar-refractivity contribution in [3.63, 3.8) is 0 Å². The molecule has 0 aromatic heterocycles. The Morgan fingerprint density at radius 3 is 2.71 bits per heavy atom. The van der Waals surface area contributed by atoms with Crippen molar-refractivity contribution in [3.05, 3.63) is 27.7 Å². The molecule has 0 aliphatic heterocycles. The van der Waals surface area contributed by atoms with Crippen LogP contribution in [0, 0.1) is 5.92 Å². The van der Waals surface area contributed by atoms with Crippen LogP contribution >= 0.6 is 23.2 Å². The molecule has 0 spiro atoms. The molecular weight excluding hydrogens is 313 g/mol. The van der Waals surface area contributed by atoms with Gasteiger partial charge >= 0.3 is 5.97 Å². The predicted octanol–water partition coefficient (Wildman–Crippen LogP) is 3.39. The monoisotopic (exact) mass is 331 g/mol. The van der Waals surface area contributed by atoms with E-state index in [4.69, 9.17) is 38.4 Å². The molecule has 0 amide bonds. The number of carbonyl (C=O) groups excluding carboxylic acids is 1. The smallest absolute Gasteiger partial charge is 0.310 e. The van der Waals surface area contributed by atoms with Crippen molar-refractivity contribution in [2.45, 2.75) is 31.7 Å². The summed E-state index contributed by atoms with van der Waals surface area (Å²) in [7, 11) is 1.58. The molecule has 116 valence electrons. The Kier molecular flexibility index (Phi) is 5.36. The molecule has 4 nitrogen and oxygen atoms in total. The molecular formula is C15H19Cl2NO3. The van der Waals surface area contributed by atoms with Crippen molar-refractivity contribution in [2.24, 2.45) is 11.7 Å². The van der Waals surface area contributed by atoms with Gasteiger partial charge in [0.1, 0.15) is 5.75 Å². The third-order valence-corrected chi connectivity index (χ3v) is 4.74. The first-order valence-electron chi connectivity index (χ1n) is 6.93. The molecule has 1 fully saturated rings. The molecule has 3 atom stereocenters. The van der Waals surface area contributed by atoms with E-state index in [0.717, 1.165) is 5.56 Å². The molecule has 6 heteroatoms. The van der Waals surface area contributed by atoms with Crippen LogP contribution in [0.3, 0.4) is 0 Å². The summed E-state index contributed by atoms with van der Waals surface area (Å²) in [5, 5.41) is 0.943. The van der Waals surface area contributed by atoms with E-state index in [2.05, 4.69) is 0 Å². The highest BCUT2D eigenvalue weighted by Crippen LogP contribution is 2.46. The van der Waals surface area contributed by atoms with Gasteiger partial charge in [-0.2, -0.15) is 0 Å². The van der Waals surface area contributed by atoms with Crippen molar-refractivity contribution >= 4 is 29.2 Å². The molecule has 0 saturated heterocycles. The highest BCUT2D eigenvalue weighted by molar-refractivity contribution is 6.42. The molecule has 3 unspecified atom stereocenters. The maximum atomic E-state index is 11.9. The highest BCUT2D eigenvalue weighted by atomic mass is 35.5. The van der Waals surface area contributed by atoms with Gasteiger partial charge < -0.3 is 15.2 Å². The van der Waals surface area contributed by atoms with E-state index in [1.165, 1.54) is 0 Å². The maximum absolute atomic E-state index is 11.9. The minimum absolute atomic E-state index is 0.0376. The average Bonchev–Trinajstić information content (AvgIpc) is 2.83. The Hall–Kier alpha value is -0.970. The molecule has 0 heterocycles. The van der Waals surface area contributed by atoms with Gasteiger partial charge in [0.15, 0.2) is 0 Å². The van der Waals surface area contributed by atoms with Crippen LogP contribution < -0.4 is 10.5 Å². The second-order valence-electron chi connectivity index (χ2n) is 5.17. The zero-order chi connectivity index (χ0) is 15.6. The van der Waals surface area contributed by atoms with E-state index < -0.39 is 0 Å². The standard InChI is InChI=1S/C15H19Cl2NO3/c1-3-21-15(19)9-6-8(7-11(9)18)13-12(20-2)5-4-10(16)14(13)17/h4-5,8-9,11H,3,6-7,18H2,1-2H3. The van der Waals surface area contributed by atoms with Gasteiger partial charge in [0.25, 0.3) is 0 Å². The molecule has 0 bridgehead atoms. The maximum Gasteiger partial charge on any atom is 0.310 e. The SMILES string of the molecule is CCOC(=O)C1CC(c2c(OC)ccc(Cl)c2Cl)CC1N. The first-order valence-corrected chi connectivity index (χ1v) is 7.69. The fourth-order valence-electron chi connectivity index (χ4n) is 2.93. The highest BCUT2D eigenvalue weighted by Gasteiger charge is 2.40. The lowest BCUT2D eigenvalue weighted by Crippen LogP contribution is -2.31. The molecule has 2 N–H and O–H groups in total. The molecule has 0 radical (unpaired) electrons. The summed E-state index contributed by atoms with van der Waals surface area (Å²) in [5.74, 6) is 0.154. The van der Waals surface area contributed by atoms with E-state index in [9.17, 15) is 4.79 Å². The van der Waals surface area contributed by atoms with Gasteiger partial charge in [0.2, 0.25) is 0 Å². The average molecular weight is 332 g/mol. The Morgan fingerprint density at radius 2 is 2.10 bits per heavy atom. The number of ether oxygens (including phenoxy) is 2. The van der Waals surface area contributed by atoms with Crippen LogP contribution in [0.2, 0.25) is 10.0 Å². The number of rotatable bonds is 4. The van der Waals surface area contributed by atoms with Crippen LogP contribution in [0.1, 0.15) is 31.2 Å². The Bertz CT molecular complexity index is 536. The van der Waals surface area contributed by atoms with E-state index in [1.807, 2.05) is 0 Å². The van der Waals surface area contributed by atoms with E-state index in [1.54, 1.807) is 26.2 Å². The number of esters is 1. The number of hydrogen-bond acceptors (Lipinski definition) is 4. The van der Waals surface area contributed by atoms with Crippen LogP contribution in [-0.2, 0) is 9.53 Å².